The van der Waals surface area contributed by atoms with Crippen molar-refractivity contribution in [3.63, 3.8) is 0 Å². The molecular weight excluding hydrogens is 310 g/mol. The molecule has 1 aromatic rings. The van der Waals surface area contributed by atoms with E-state index in [1.54, 1.807) is 32.4 Å². The summed E-state index contributed by atoms with van der Waals surface area (Å²) in [5.74, 6) is 0.900. The zero-order chi connectivity index (χ0) is 17.2. The summed E-state index contributed by atoms with van der Waals surface area (Å²) in [5.41, 5.74) is -0.0533. The Morgan fingerprint density at radius 1 is 1.12 bits per heavy atom. The van der Waals surface area contributed by atoms with Crippen molar-refractivity contribution in [3.05, 3.63) is 23.8 Å². The Morgan fingerprint density at radius 3 is 2.50 bits per heavy atom. The molecule has 7 heteroatoms. The number of imide groups is 1. The summed E-state index contributed by atoms with van der Waals surface area (Å²) >= 11 is 0. The minimum absolute atomic E-state index is 0.260. The molecule has 1 spiro atoms. The Balaban J connectivity index is 1.79. The van der Waals surface area contributed by atoms with Crippen LogP contribution in [-0.4, -0.2) is 42.9 Å². The van der Waals surface area contributed by atoms with Crippen molar-refractivity contribution < 1.29 is 19.1 Å². The SMILES string of the molecule is COc1ccc(/C=N\N2C(=O)NC3(CCCCC3)C2=O)cc1OC. The fourth-order valence-corrected chi connectivity index (χ4v) is 3.26. The van der Waals surface area contributed by atoms with Gasteiger partial charge in [-0.15, -0.1) is 5.01 Å². The summed E-state index contributed by atoms with van der Waals surface area (Å²) in [6.07, 6.45) is 5.82. The molecule has 1 N–H and O–H groups in total. The first-order valence-corrected chi connectivity index (χ1v) is 8.02. The molecular formula is C17H21N3O4. The third-order valence-electron chi connectivity index (χ3n) is 4.58. The highest BCUT2D eigenvalue weighted by atomic mass is 16.5. The normalized spacial score (nSPS) is 19.8. The molecule has 0 radical (unpaired) electrons. The van der Waals surface area contributed by atoms with Gasteiger partial charge in [0.25, 0.3) is 5.91 Å². The molecule has 24 heavy (non-hydrogen) atoms. The van der Waals surface area contributed by atoms with Crippen LogP contribution in [0.3, 0.4) is 0 Å². The van der Waals surface area contributed by atoms with E-state index in [4.69, 9.17) is 9.47 Å². The second kappa shape index (κ2) is 6.51. The lowest BCUT2D eigenvalue weighted by molar-refractivity contribution is -0.132. The first-order valence-electron chi connectivity index (χ1n) is 8.02. The third kappa shape index (κ3) is 2.81. The topological polar surface area (TPSA) is 80.2 Å². The van der Waals surface area contributed by atoms with E-state index in [0.29, 0.717) is 29.9 Å². The van der Waals surface area contributed by atoms with Crippen LogP contribution in [-0.2, 0) is 4.79 Å². The van der Waals surface area contributed by atoms with Crippen molar-refractivity contribution in [1.29, 1.82) is 0 Å². The number of methoxy groups -OCH3 is 2. The molecule has 3 amide bonds. The Morgan fingerprint density at radius 2 is 1.83 bits per heavy atom. The summed E-state index contributed by atoms with van der Waals surface area (Å²) < 4.78 is 10.4. The molecule has 0 bridgehead atoms. The Hall–Kier alpha value is -2.57. The molecule has 128 valence electrons. The number of rotatable bonds is 4. The number of urea groups is 1. The van der Waals surface area contributed by atoms with Crippen LogP contribution < -0.4 is 14.8 Å². The standard InChI is InChI=1S/C17H21N3O4/c1-23-13-7-6-12(10-14(13)24-2)11-18-20-15(21)17(19-16(20)22)8-4-3-5-9-17/h6-7,10-11H,3-5,8-9H2,1-2H3,(H,19,22)/b18-11-. The van der Waals surface area contributed by atoms with E-state index in [9.17, 15) is 9.59 Å². The van der Waals surface area contributed by atoms with Crippen molar-refractivity contribution in [2.75, 3.05) is 14.2 Å². The molecule has 0 unspecified atom stereocenters. The van der Waals surface area contributed by atoms with Gasteiger partial charge in [-0.3, -0.25) is 4.79 Å². The number of nitrogens with zero attached hydrogens (tertiary/aromatic N) is 2. The molecule has 0 atom stereocenters. The molecule has 0 aromatic heterocycles. The number of ether oxygens (including phenoxy) is 2. The number of carbonyl (C=O) groups excluding carboxylic acids is 2. The second-order valence-electron chi connectivity index (χ2n) is 6.05. The van der Waals surface area contributed by atoms with E-state index in [1.807, 2.05) is 0 Å². The minimum Gasteiger partial charge on any atom is -0.493 e. The van der Waals surface area contributed by atoms with Crippen molar-refractivity contribution in [3.8, 4) is 11.5 Å². The zero-order valence-electron chi connectivity index (χ0n) is 13.9. The van der Waals surface area contributed by atoms with E-state index in [-0.39, 0.29) is 5.91 Å². The van der Waals surface area contributed by atoms with Gasteiger partial charge in [-0.25, -0.2) is 4.79 Å². The van der Waals surface area contributed by atoms with E-state index in [1.165, 1.54) is 6.21 Å². The lowest BCUT2D eigenvalue weighted by Crippen LogP contribution is -2.48. The fourth-order valence-electron chi connectivity index (χ4n) is 3.26. The highest BCUT2D eigenvalue weighted by Gasteiger charge is 2.51. The molecule has 1 saturated heterocycles. The van der Waals surface area contributed by atoms with Crippen LogP contribution in [0.1, 0.15) is 37.7 Å². The Labute approximate surface area is 140 Å². The van der Waals surface area contributed by atoms with Crippen LogP contribution in [0.4, 0.5) is 4.79 Å². The smallest absolute Gasteiger partial charge is 0.346 e. The summed E-state index contributed by atoms with van der Waals surface area (Å²) in [6, 6.07) is 4.80. The average Bonchev–Trinajstić information content (AvgIpc) is 2.83. The average molecular weight is 331 g/mol. The van der Waals surface area contributed by atoms with Crippen molar-refractivity contribution >= 4 is 18.2 Å². The molecule has 1 aliphatic heterocycles. The predicted molar refractivity (Wildman–Crippen MR) is 88.3 cm³/mol. The van der Waals surface area contributed by atoms with Gasteiger partial charge in [-0.1, -0.05) is 19.3 Å². The van der Waals surface area contributed by atoms with Crippen molar-refractivity contribution in [1.82, 2.24) is 10.3 Å². The van der Waals surface area contributed by atoms with Crippen molar-refractivity contribution in [2.24, 2.45) is 5.10 Å². The van der Waals surface area contributed by atoms with Gasteiger partial charge in [0, 0.05) is 0 Å². The van der Waals surface area contributed by atoms with Gasteiger partial charge in [0.2, 0.25) is 0 Å². The highest BCUT2D eigenvalue weighted by molar-refractivity contribution is 6.07. The molecule has 1 aromatic carbocycles. The van der Waals surface area contributed by atoms with Crippen LogP contribution in [0.15, 0.2) is 23.3 Å². The van der Waals surface area contributed by atoms with E-state index in [0.717, 1.165) is 24.3 Å². The van der Waals surface area contributed by atoms with Gasteiger partial charge >= 0.3 is 6.03 Å². The van der Waals surface area contributed by atoms with Crippen LogP contribution in [0.25, 0.3) is 0 Å². The number of carbonyl (C=O) groups is 2. The quantitative estimate of drug-likeness (QED) is 0.678. The molecule has 7 nitrogen and oxygen atoms in total. The Bertz CT molecular complexity index is 680. The first-order chi connectivity index (χ1) is 11.6. The number of nitrogens with one attached hydrogen (secondary N) is 1. The molecule has 3 rings (SSSR count). The van der Waals surface area contributed by atoms with E-state index >= 15 is 0 Å². The maximum Gasteiger partial charge on any atom is 0.346 e. The summed E-state index contributed by atoms with van der Waals surface area (Å²) in [5, 5.41) is 7.84. The third-order valence-corrected chi connectivity index (χ3v) is 4.58. The zero-order valence-corrected chi connectivity index (χ0v) is 13.9. The lowest BCUT2D eigenvalue weighted by atomic mass is 9.82. The monoisotopic (exact) mass is 331 g/mol. The van der Waals surface area contributed by atoms with Crippen molar-refractivity contribution in [2.45, 2.75) is 37.6 Å². The summed E-state index contributed by atoms with van der Waals surface area (Å²) in [4.78, 5) is 24.8. The molecule has 1 aliphatic carbocycles. The molecule has 1 saturated carbocycles. The van der Waals surface area contributed by atoms with Gasteiger partial charge in [-0.2, -0.15) is 5.10 Å². The number of benzene rings is 1. The van der Waals surface area contributed by atoms with Gasteiger partial charge in [0.1, 0.15) is 5.54 Å². The van der Waals surface area contributed by atoms with Crippen LogP contribution in [0.5, 0.6) is 11.5 Å². The van der Waals surface area contributed by atoms with Gasteiger partial charge in [0.05, 0.1) is 20.4 Å². The highest BCUT2D eigenvalue weighted by Crippen LogP contribution is 2.33. The summed E-state index contributed by atoms with van der Waals surface area (Å²) in [6.45, 7) is 0. The van der Waals surface area contributed by atoms with Crippen LogP contribution in [0, 0.1) is 0 Å². The molecule has 2 fully saturated rings. The number of hydrazone groups is 1. The number of amides is 3. The summed E-state index contributed by atoms with van der Waals surface area (Å²) in [7, 11) is 3.10. The predicted octanol–water partition coefficient (Wildman–Crippen LogP) is 2.29. The van der Waals surface area contributed by atoms with Gasteiger partial charge < -0.3 is 14.8 Å². The number of hydrogen-bond donors (Lipinski definition) is 1. The first kappa shape index (κ1) is 16.3. The minimum atomic E-state index is -0.760. The maximum atomic E-state index is 12.6. The van der Waals surface area contributed by atoms with Crippen LogP contribution >= 0.6 is 0 Å². The molecule has 2 aliphatic rings. The lowest BCUT2D eigenvalue weighted by Gasteiger charge is -2.29. The Kier molecular flexibility index (Phi) is 4.42. The maximum absolute atomic E-state index is 12.6. The fraction of sp³-hybridized carbons (Fsp3) is 0.471. The largest absolute Gasteiger partial charge is 0.493 e. The van der Waals surface area contributed by atoms with Crippen LogP contribution in [0.2, 0.25) is 0 Å². The van der Waals surface area contributed by atoms with Gasteiger partial charge in [-0.05, 0) is 36.6 Å². The van der Waals surface area contributed by atoms with Gasteiger partial charge in [0.15, 0.2) is 11.5 Å². The molecule has 1 heterocycles. The second-order valence-corrected chi connectivity index (χ2v) is 6.05. The van der Waals surface area contributed by atoms with E-state index in [2.05, 4.69) is 10.4 Å². The van der Waals surface area contributed by atoms with E-state index < -0.39 is 11.6 Å². The number of hydrogen-bond acceptors (Lipinski definition) is 5.